The number of carbonyl (C=O) groups is 1. The summed E-state index contributed by atoms with van der Waals surface area (Å²) in [5.41, 5.74) is 2.71. The molecular formula is C30H44N2O6. The van der Waals surface area contributed by atoms with E-state index >= 15 is 0 Å². The van der Waals surface area contributed by atoms with Crippen molar-refractivity contribution in [1.82, 2.24) is 0 Å². The number of carbonyl (C=O) groups excluding carboxylic acids is 1. The molecule has 0 spiro atoms. The van der Waals surface area contributed by atoms with Crippen molar-refractivity contribution in [2.24, 2.45) is 0 Å². The van der Waals surface area contributed by atoms with Crippen molar-refractivity contribution >= 4 is 17.2 Å². The zero-order chi connectivity index (χ0) is 27.8. The molecule has 4 N–H and O–H groups in total. The second-order valence-corrected chi connectivity index (χ2v) is 10.3. The van der Waals surface area contributed by atoms with E-state index in [0.717, 1.165) is 55.8 Å². The average molecular weight is 529 g/mol. The lowest BCUT2D eigenvalue weighted by Gasteiger charge is -2.47. The molecule has 1 fully saturated rings. The number of nitrogens with zero attached hydrogens (tertiary/aromatic N) is 2. The van der Waals surface area contributed by atoms with Gasteiger partial charge in [-0.05, 0) is 43.9 Å². The number of Topliss-reactive ketones (excluding diaryl/α,β-unsaturated/α-hetero) is 1. The molecule has 38 heavy (non-hydrogen) atoms. The lowest BCUT2D eigenvalue weighted by atomic mass is 9.63. The molecule has 0 amide bonds. The number of ether oxygens (including phenoxy) is 1. The van der Waals surface area contributed by atoms with Gasteiger partial charge in [0.05, 0.1) is 18.8 Å². The van der Waals surface area contributed by atoms with Gasteiger partial charge in [-0.15, -0.1) is 0 Å². The van der Waals surface area contributed by atoms with Gasteiger partial charge in [-0.25, -0.2) is 0 Å². The maximum absolute atomic E-state index is 11.1. The van der Waals surface area contributed by atoms with Crippen molar-refractivity contribution in [1.29, 1.82) is 0 Å². The third-order valence-electron chi connectivity index (χ3n) is 7.23. The number of phenolic OH excluding ortho intramolecular Hbond substituents is 2. The van der Waals surface area contributed by atoms with E-state index in [1.165, 1.54) is 6.92 Å². The molecule has 1 aliphatic rings. The summed E-state index contributed by atoms with van der Waals surface area (Å²) >= 11 is 0. The molecule has 2 atom stereocenters. The maximum Gasteiger partial charge on any atom is 0.155 e. The van der Waals surface area contributed by atoms with Crippen LogP contribution in [0.25, 0.3) is 0 Å². The fourth-order valence-electron chi connectivity index (χ4n) is 5.42. The fraction of sp³-hybridized carbons (Fsp3) is 0.567. The third kappa shape index (κ3) is 6.79. The van der Waals surface area contributed by atoms with E-state index in [1.54, 1.807) is 12.1 Å². The summed E-state index contributed by atoms with van der Waals surface area (Å²) in [5.74, 6) is -1.54. The van der Waals surface area contributed by atoms with Crippen molar-refractivity contribution in [3.8, 4) is 11.5 Å². The summed E-state index contributed by atoms with van der Waals surface area (Å²) < 4.78 is 5.43. The van der Waals surface area contributed by atoms with E-state index in [2.05, 4.69) is 30.6 Å². The molecule has 1 saturated carbocycles. The summed E-state index contributed by atoms with van der Waals surface area (Å²) in [6.45, 7) is 11.4. The van der Waals surface area contributed by atoms with Crippen LogP contribution in [-0.4, -0.2) is 77.8 Å². The second-order valence-electron chi connectivity index (χ2n) is 10.3. The minimum atomic E-state index is -0.951. The first-order valence-electron chi connectivity index (χ1n) is 13.8. The second kappa shape index (κ2) is 13.8. The van der Waals surface area contributed by atoms with Gasteiger partial charge in [-0.2, -0.15) is 0 Å². The van der Waals surface area contributed by atoms with Gasteiger partial charge in [0.1, 0.15) is 18.1 Å². The molecule has 210 valence electrons. The highest BCUT2D eigenvalue weighted by molar-refractivity contribution is 5.76. The number of aliphatic hydroxyl groups is 2. The Kier molecular flexibility index (Phi) is 10.8. The van der Waals surface area contributed by atoms with Crippen molar-refractivity contribution in [3.05, 3.63) is 47.5 Å². The van der Waals surface area contributed by atoms with Crippen molar-refractivity contribution in [3.63, 3.8) is 0 Å². The molecule has 0 bridgehead atoms. The highest BCUT2D eigenvalue weighted by Crippen LogP contribution is 2.53. The van der Waals surface area contributed by atoms with Crippen LogP contribution in [0.3, 0.4) is 0 Å². The van der Waals surface area contributed by atoms with Crippen LogP contribution in [0, 0.1) is 0 Å². The molecule has 2 aromatic carbocycles. The minimum absolute atomic E-state index is 0.000137. The molecule has 2 unspecified atom stereocenters. The number of anilines is 2. The smallest absolute Gasteiger partial charge is 0.155 e. The van der Waals surface area contributed by atoms with Gasteiger partial charge in [-0.1, -0.05) is 32.9 Å². The number of aromatic hydroxyl groups is 2. The summed E-state index contributed by atoms with van der Waals surface area (Å²) in [6, 6.07) is 11.0. The average Bonchev–Trinajstić information content (AvgIpc) is 2.88. The first-order chi connectivity index (χ1) is 18.2. The number of hydrogen-bond acceptors (Lipinski definition) is 8. The van der Waals surface area contributed by atoms with Gasteiger partial charge < -0.3 is 35.0 Å². The lowest BCUT2D eigenvalue weighted by Crippen LogP contribution is -2.51. The van der Waals surface area contributed by atoms with Crippen LogP contribution in [-0.2, 0) is 9.53 Å². The molecule has 0 aliphatic heterocycles. The Bertz CT molecular complexity index is 1000. The highest BCUT2D eigenvalue weighted by atomic mass is 16.5. The van der Waals surface area contributed by atoms with E-state index in [4.69, 9.17) is 4.74 Å². The Hall–Kier alpha value is -2.81. The van der Waals surface area contributed by atoms with Crippen LogP contribution in [0.4, 0.5) is 11.4 Å². The van der Waals surface area contributed by atoms with Crippen LogP contribution < -0.4 is 9.80 Å². The SMILES string of the molecule is CCCN(CCC)c1cc(O)c(C2C(O)C(c3ccc(N(CCC)CCOCC(C)=O)cc3)C2O)c(O)c1. The first-order valence-corrected chi connectivity index (χ1v) is 13.8. The zero-order valence-electron chi connectivity index (χ0n) is 23.1. The van der Waals surface area contributed by atoms with E-state index in [1.807, 2.05) is 24.3 Å². The minimum Gasteiger partial charge on any atom is -0.507 e. The highest BCUT2D eigenvalue weighted by Gasteiger charge is 2.52. The topological polar surface area (TPSA) is 114 Å². The van der Waals surface area contributed by atoms with E-state index in [-0.39, 0.29) is 29.5 Å². The molecule has 8 nitrogen and oxygen atoms in total. The Balaban J connectivity index is 1.72. The van der Waals surface area contributed by atoms with E-state index in [0.29, 0.717) is 13.2 Å². The number of phenols is 2. The number of rotatable bonds is 15. The van der Waals surface area contributed by atoms with Gasteiger partial charge in [0.2, 0.25) is 0 Å². The molecule has 0 heterocycles. The lowest BCUT2D eigenvalue weighted by molar-refractivity contribution is -0.121. The normalized spacial score (nSPS) is 20.7. The molecule has 8 heteroatoms. The van der Waals surface area contributed by atoms with Crippen molar-refractivity contribution < 1.29 is 30.0 Å². The van der Waals surface area contributed by atoms with Gasteiger partial charge >= 0.3 is 0 Å². The molecular weight excluding hydrogens is 484 g/mol. The monoisotopic (exact) mass is 528 g/mol. The van der Waals surface area contributed by atoms with E-state index in [9.17, 15) is 25.2 Å². The number of ketones is 1. The van der Waals surface area contributed by atoms with E-state index < -0.39 is 24.0 Å². The molecule has 1 aliphatic carbocycles. The molecule has 0 aromatic heterocycles. The molecule has 2 aromatic rings. The predicted molar refractivity (Wildman–Crippen MR) is 151 cm³/mol. The van der Waals surface area contributed by atoms with Crippen molar-refractivity contribution in [2.45, 2.75) is 71.0 Å². The Morgan fingerprint density at radius 3 is 1.76 bits per heavy atom. The van der Waals surface area contributed by atoms with Crippen molar-refractivity contribution in [2.75, 3.05) is 49.2 Å². The number of aliphatic hydroxyl groups excluding tert-OH is 2. The summed E-state index contributed by atoms with van der Waals surface area (Å²) in [5, 5.41) is 43.7. The summed E-state index contributed by atoms with van der Waals surface area (Å²) in [6.07, 6.45) is 0.929. The van der Waals surface area contributed by atoms with Crippen LogP contribution in [0.15, 0.2) is 36.4 Å². The van der Waals surface area contributed by atoms with Gasteiger partial charge in [0.15, 0.2) is 5.78 Å². The van der Waals surface area contributed by atoms with Gasteiger partial charge in [0, 0.05) is 67.1 Å². The summed E-state index contributed by atoms with van der Waals surface area (Å²) in [4.78, 5) is 15.4. The molecule has 3 rings (SSSR count). The molecule has 0 radical (unpaired) electrons. The standard InChI is InChI=1S/C30H44N2O6/c1-5-12-31(13-6-2)23-17-24(34)27(25(35)18-23)28-29(36)26(30(28)37)21-8-10-22(11-9-21)32(14-7-3)15-16-38-19-20(4)33/h8-11,17-18,26,28-30,34-37H,5-7,12-16,19H2,1-4H3. The van der Waals surface area contributed by atoms with Crippen LogP contribution >= 0.6 is 0 Å². The van der Waals surface area contributed by atoms with Crippen LogP contribution in [0.2, 0.25) is 0 Å². The van der Waals surface area contributed by atoms with Gasteiger partial charge in [0.25, 0.3) is 0 Å². The zero-order valence-corrected chi connectivity index (χ0v) is 23.1. The maximum atomic E-state index is 11.1. The van der Waals surface area contributed by atoms with Crippen LogP contribution in [0.1, 0.15) is 69.9 Å². The number of hydrogen-bond donors (Lipinski definition) is 4. The van der Waals surface area contributed by atoms with Gasteiger partial charge in [-0.3, -0.25) is 4.79 Å². The summed E-state index contributed by atoms with van der Waals surface area (Å²) in [7, 11) is 0. The largest absolute Gasteiger partial charge is 0.507 e. The third-order valence-corrected chi connectivity index (χ3v) is 7.23. The Morgan fingerprint density at radius 1 is 0.789 bits per heavy atom. The fourth-order valence-corrected chi connectivity index (χ4v) is 5.42. The molecule has 0 saturated heterocycles. The Labute approximate surface area is 226 Å². The van der Waals surface area contributed by atoms with Crippen LogP contribution in [0.5, 0.6) is 11.5 Å². The quantitative estimate of drug-likeness (QED) is 0.255. The predicted octanol–water partition coefficient (Wildman–Crippen LogP) is 4.15. The number of benzene rings is 2. The Morgan fingerprint density at radius 2 is 1.29 bits per heavy atom. The first kappa shape index (κ1) is 29.7.